The maximum atomic E-state index is 10.1. The largest absolute Gasteiger partial charge is 0.491 e. The standard InChI is InChI=1S/C20H22N2O3/c21-13-16-1-3-17(4-2-16)18-5-7-20(8-6-18)25-15-19(23)14-22-9-11-24-12-10-22/h1-8,19,23H,9-12,14-15H2/t19-/m0/s1. The molecule has 1 heterocycles. The van der Waals surface area contributed by atoms with Crippen molar-refractivity contribution in [3.05, 3.63) is 54.1 Å². The van der Waals surface area contributed by atoms with Gasteiger partial charge in [-0.25, -0.2) is 0 Å². The van der Waals surface area contributed by atoms with Crippen LogP contribution in [0.25, 0.3) is 11.1 Å². The van der Waals surface area contributed by atoms with Crippen molar-refractivity contribution >= 4 is 0 Å². The molecule has 0 aromatic heterocycles. The molecule has 1 saturated heterocycles. The lowest BCUT2D eigenvalue weighted by atomic mass is 10.0. The van der Waals surface area contributed by atoms with Gasteiger partial charge in [0.05, 0.1) is 24.8 Å². The predicted molar refractivity (Wildman–Crippen MR) is 95.4 cm³/mol. The summed E-state index contributed by atoms with van der Waals surface area (Å²) in [5, 5.41) is 19.0. The van der Waals surface area contributed by atoms with E-state index in [-0.39, 0.29) is 6.61 Å². The van der Waals surface area contributed by atoms with Gasteiger partial charge in [0.1, 0.15) is 18.5 Å². The number of nitriles is 1. The smallest absolute Gasteiger partial charge is 0.119 e. The average molecular weight is 338 g/mol. The van der Waals surface area contributed by atoms with Gasteiger partial charge in [0.15, 0.2) is 0 Å². The molecule has 2 aromatic rings. The van der Waals surface area contributed by atoms with Crippen molar-refractivity contribution in [2.75, 3.05) is 39.5 Å². The maximum Gasteiger partial charge on any atom is 0.119 e. The summed E-state index contributed by atoms with van der Waals surface area (Å²) < 4.78 is 11.0. The van der Waals surface area contributed by atoms with E-state index in [4.69, 9.17) is 14.7 Å². The lowest BCUT2D eigenvalue weighted by Crippen LogP contribution is -2.42. The molecule has 0 aliphatic carbocycles. The summed E-state index contributed by atoms with van der Waals surface area (Å²) in [6, 6.07) is 17.3. The first-order valence-corrected chi connectivity index (χ1v) is 8.46. The summed E-state index contributed by atoms with van der Waals surface area (Å²) in [4.78, 5) is 2.19. The van der Waals surface area contributed by atoms with Gasteiger partial charge in [-0.1, -0.05) is 24.3 Å². The highest BCUT2D eigenvalue weighted by Gasteiger charge is 2.15. The van der Waals surface area contributed by atoms with Gasteiger partial charge in [-0.15, -0.1) is 0 Å². The minimum Gasteiger partial charge on any atom is -0.491 e. The predicted octanol–water partition coefficient (Wildman–Crippen LogP) is 2.30. The molecule has 1 aliphatic heterocycles. The van der Waals surface area contributed by atoms with E-state index in [9.17, 15) is 5.11 Å². The molecule has 5 nitrogen and oxygen atoms in total. The van der Waals surface area contributed by atoms with Crippen LogP contribution < -0.4 is 4.74 Å². The Hall–Kier alpha value is -2.39. The van der Waals surface area contributed by atoms with Gasteiger partial charge < -0.3 is 14.6 Å². The summed E-state index contributed by atoms with van der Waals surface area (Å²) in [5.41, 5.74) is 2.77. The van der Waals surface area contributed by atoms with Crippen LogP contribution in [0.4, 0.5) is 0 Å². The molecule has 1 N–H and O–H groups in total. The molecular formula is C20H22N2O3. The van der Waals surface area contributed by atoms with Crippen molar-refractivity contribution in [2.45, 2.75) is 6.10 Å². The Kier molecular flexibility index (Phi) is 6.02. The van der Waals surface area contributed by atoms with Crippen LogP contribution in [0, 0.1) is 11.3 Å². The fourth-order valence-corrected chi connectivity index (χ4v) is 2.81. The van der Waals surface area contributed by atoms with Gasteiger partial charge in [-0.2, -0.15) is 5.26 Å². The number of nitrogens with zero attached hydrogens (tertiary/aromatic N) is 2. The van der Waals surface area contributed by atoms with Crippen LogP contribution >= 0.6 is 0 Å². The van der Waals surface area contributed by atoms with Crippen molar-refractivity contribution in [3.63, 3.8) is 0 Å². The molecule has 3 rings (SSSR count). The average Bonchev–Trinajstić information content (AvgIpc) is 2.68. The highest BCUT2D eigenvalue weighted by molar-refractivity contribution is 5.64. The Balaban J connectivity index is 1.50. The van der Waals surface area contributed by atoms with Gasteiger partial charge in [-0.05, 0) is 35.4 Å². The van der Waals surface area contributed by atoms with E-state index in [0.717, 1.165) is 43.2 Å². The zero-order chi connectivity index (χ0) is 17.5. The molecule has 0 saturated carbocycles. The fraction of sp³-hybridized carbons (Fsp3) is 0.350. The summed E-state index contributed by atoms with van der Waals surface area (Å²) >= 11 is 0. The monoisotopic (exact) mass is 338 g/mol. The minimum atomic E-state index is -0.517. The highest BCUT2D eigenvalue weighted by atomic mass is 16.5. The van der Waals surface area contributed by atoms with E-state index in [1.165, 1.54) is 0 Å². The molecule has 130 valence electrons. The van der Waals surface area contributed by atoms with Crippen LogP contribution in [0.1, 0.15) is 5.56 Å². The number of hydrogen-bond donors (Lipinski definition) is 1. The van der Waals surface area contributed by atoms with E-state index >= 15 is 0 Å². The van der Waals surface area contributed by atoms with E-state index < -0.39 is 6.10 Å². The van der Waals surface area contributed by atoms with Crippen molar-refractivity contribution in [1.82, 2.24) is 4.90 Å². The summed E-state index contributed by atoms with van der Waals surface area (Å²) in [6.07, 6.45) is -0.517. The molecule has 2 aromatic carbocycles. The van der Waals surface area contributed by atoms with Gasteiger partial charge in [0.25, 0.3) is 0 Å². The molecular weight excluding hydrogens is 316 g/mol. The van der Waals surface area contributed by atoms with Gasteiger partial charge >= 0.3 is 0 Å². The van der Waals surface area contributed by atoms with E-state index in [0.29, 0.717) is 12.1 Å². The van der Waals surface area contributed by atoms with Gasteiger partial charge in [-0.3, -0.25) is 4.90 Å². The van der Waals surface area contributed by atoms with Gasteiger partial charge in [0, 0.05) is 19.6 Å². The quantitative estimate of drug-likeness (QED) is 0.875. The first kappa shape index (κ1) is 17.4. The van der Waals surface area contributed by atoms with Crippen LogP contribution in [0.5, 0.6) is 5.75 Å². The van der Waals surface area contributed by atoms with E-state index in [1.54, 1.807) is 0 Å². The molecule has 1 aliphatic rings. The fourth-order valence-electron chi connectivity index (χ4n) is 2.81. The summed E-state index contributed by atoms with van der Waals surface area (Å²) in [5.74, 6) is 0.735. The number of β-amino-alcohol motifs (C(OH)–C–C–N with tert-alkyl or cyclic N) is 1. The summed E-state index contributed by atoms with van der Waals surface area (Å²) in [6.45, 7) is 4.04. The van der Waals surface area contributed by atoms with E-state index in [2.05, 4.69) is 11.0 Å². The Morgan fingerprint density at radius 3 is 2.24 bits per heavy atom. The molecule has 0 bridgehead atoms. The third-order valence-corrected chi connectivity index (χ3v) is 4.22. The molecule has 0 spiro atoms. The van der Waals surface area contributed by atoms with Crippen molar-refractivity contribution in [3.8, 4) is 22.9 Å². The number of aliphatic hydroxyl groups excluding tert-OH is 1. The number of ether oxygens (including phenoxy) is 2. The lowest BCUT2D eigenvalue weighted by Gasteiger charge is -2.28. The third-order valence-electron chi connectivity index (χ3n) is 4.22. The second-order valence-corrected chi connectivity index (χ2v) is 6.09. The SMILES string of the molecule is N#Cc1ccc(-c2ccc(OC[C@@H](O)CN3CCOCC3)cc2)cc1. The van der Waals surface area contributed by atoms with Gasteiger partial charge in [0.2, 0.25) is 0 Å². The first-order valence-electron chi connectivity index (χ1n) is 8.46. The van der Waals surface area contributed by atoms with Crippen LogP contribution in [-0.4, -0.2) is 55.6 Å². The third kappa shape index (κ3) is 5.04. The van der Waals surface area contributed by atoms with Crippen molar-refractivity contribution < 1.29 is 14.6 Å². The molecule has 1 fully saturated rings. The molecule has 5 heteroatoms. The zero-order valence-electron chi connectivity index (χ0n) is 14.1. The van der Waals surface area contributed by atoms with E-state index in [1.807, 2.05) is 48.5 Å². The second-order valence-electron chi connectivity index (χ2n) is 6.09. The number of benzene rings is 2. The van der Waals surface area contributed by atoms with Crippen LogP contribution in [-0.2, 0) is 4.74 Å². The molecule has 0 amide bonds. The van der Waals surface area contributed by atoms with Crippen molar-refractivity contribution in [2.24, 2.45) is 0 Å². The lowest BCUT2D eigenvalue weighted by molar-refractivity contribution is 0.00466. The van der Waals surface area contributed by atoms with Crippen molar-refractivity contribution in [1.29, 1.82) is 5.26 Å². The molecule has 0 unspecified atom stereocenters. The number of morpholine rings is 1. The Labute approximate surface area is 148 Å². The first-order chi connectivity index (χ1) is 12.2. The highest BCUT2D eigenvalue weighted by Crippen LogP contribution is 2.22. The molecule has 25 heavy (non-hydrogen) atoms. The topological polar surface area (TPSA) is 65.7 Å². The summed E-state index contributed by atoms with van der Waals surface area (Å²) in [7, 11) is 0. The van der Waals surface area contributed by atoms with Crippen LogP contribution in [0.2, 0.25) is 0 Å². The normalized spacial score (nSPS) is 16.2. The molecule has 0 radical (unpaired) electrons. The zero-order valence-corrected chi connectivity index (χ0v) is 14.1. The minimum absolute atomic E-state index is 0.271. The number of hydrogen-bond acceptors (Lipinski definition) is 5. The Morgan fingerprint density at radius 1 is 1.04 bits per heavy atom. The Morgan fingerprint density at radius 2 is 1.64 bits per heavy atom. The van der Waals surface area contributed by atoms with Crippen LogP contribution in [0.15, 0.2) is 48.5 Å². The maximum absolute atomic E-state index is 10.1. The Bertz CT molecular complexity index is 701. The number of rotatable bonds is 6. The molecule has 1 atom stereocenters. The second kappa shape index (κ2) is 8.63. The number of aliphatic hydroxyl groups is 1. The van der Waals surface area contributed by atoms with Crippen LogP contribution in [0.3, 0.4) is 0 Å².